The van der Waals surface area contributed by atoms with Crippen LogP contribution in [-0.4, -0.2) is 62.8 Å². The molecule has 0 aliphatic carbocycles. The third-order valence-electron chi connectivity index (χ3n) is 6.09. The molecule has 9 heteroatoms. The van der Waals surface area contributed by atoms with Crippen LogP contribution in [0, 0.1) is 13.8 Å². The van der Waals surface area contributed by atoms with Crippen molar-refractivity contribution in [2.24, 2.45) is 5.14 Å². The Balaban J connectivity index is 1.56. The normalized spacial score (nSPS) is 15.0. The molecule has 2 aromatic rings. The number of nitrogens with one attached hydrogen (secondary N) is 1. The zero-order valence-corrected chi connectivity index (χ0v) is 20.4. The van der Waals surface area contributed by atoms with E-state index in [0.717, 1.165) is 11.1 Å². The van der Waals surface area contributed by atoms with Crippen molar-refractivity contribution in [2.75, 3.05) is 38.0 Å². The Kier molecular flexibility index (Phi) is 7.56. The number of piperazine rings is 1. The van der Waals surface area contributed by atoms with Crippen LogP contribution in [0.3, 0.4) is 0 Å². The zero-order valence-electron chi connectivity index (χ0n) is 19.6. The molecule has 1 saturated heterocycles. The topological polar surface area (TPSA) is 113 Å². The van der Waals surface area contributed by atoms with E-state index in [0.29, 0.717) is 43.3 Å². The summed E-state index contributed by atoms with van der Waals surface area (Å²) in [5.41, 5.74) is 3.82. The molecule has 0 unspecified atom stereocenters. The summed E-state index contributed by atoms with van der Waals surface area (Å²) in [5, 5.41) is 8.05. The molecule has 0 atom stereocenters. The summed E-state index contributed by atoms with van der Waals surface area (Å²) in [5.74, 6) is 0.173. The van der Waals surface area contributed by atoms with Crippen LogP contribution in [0.1, 0.15) is 46.8 Å². The van der Waals surface area contributed by atoms with Gasteiger partial charge < -0.3 is 10.2 Å². The molecule has 178 valence electrons. The standard InChI is InChI=1S/C24H32N4O4S/c1-16(2)19-5-7-20(8-6-19)24(30)28-11-9-27(10-12-28)15-23(29)26-22-14-21(33(25,31)32)13-17(3)18(22)4/h5-8,13-14,16H,9-12,15H2,1-4H3,(H,26,29)(H2,25,31,32). The Hall–Kier alpha value is -2.75. The lowest BCUT2D eigenvalue weighted by Crippen LogP contribution is -2.50. The van der Waals surface area contributed by atoms with E-state index >= 15 is 0 Å². The van der Waals surface area contributed by atoms with Crippen molar-refractivity contribution < 1.29 is 18.0 Å². The van der Waals surface area contributed by atoms with Crippen LogP contribution >= 0.6 is 0 Å². The predicted molar refractivity (Wildman–Crippen MR) is 129 cm³/mol. The highest BCUT2D eigenvalue weighted by molar-refractivity contribution is 7.89. The fourth-order valence-electron chi connectivity index (χ4n) is 3.82. The number of sulfonamides is 1. The van der Waals surface area contributed by atoms with Crippen LogP contribution < -0.4 is 10.5 Å². The first kappa shape index (κ1) is 24.9. The van der Waals surface area contributed by atoms with Gasteiger partial charge in [0.05, 0.1) is 11.4 Å². The first-order valence-corrected chi connectivity index (χ1v) is 12.6. The summed E-state index contributed by atoms with van der Waals surface area (Å²) in [6.07, 6.45) is 0. The molecule has 2 aromatic carbocycles. The number of amides is 2. The molecule has 1 aliphatic heterocycles. The monoisotopic (exact) mass is 472 g/mol. The fraction of sp³-hybridized carbons (Fsp3) is 0.417. The van der Waals surface area contributed by atoms with Crippen LogP contribution in [0.15, 0.2) is 41.3 Å². The van der Waals surface area contributed by atoms with Gasteiger partial charge in [0, 0.05) is 37.4 Å². The van der Waals surface area contributed by atoms with E-state index in [9.17, 15) is 18.0 Å². The summed E-state index contributed by atoms with van der Waals surface area (Å²) >= 11 is 0. The van der Waals surface area contributed by atoms with Crippen LogP contribution in [0.25, 0.3) is 0 Å². The van der Waals surface area contributed by atoms with E-state index in [2.05, 4.69) is 19.2 Å². The third kappa shape index (κ3) is 6.19. The molecule has 3 N–H and O–H groups in total. The Bertz CT molecular complexity index is 1140. The molecule has 0 radical (unpaired) electrons. The van der Waals surface area contributed by atoms with Crippen molar-refractivity contribution in [3.63, 3.8) is 0 Å². The van der Waals surface area contributed by atoms with Gasteiger partial charge in [-0.25, -0.2) is 13.6 Å². The first-order valence-electron chi connectivity index (χ1n) is 11.0. The molecule has 1 heterocycles. The van der Waals surface area contributed by atoms with Gasteiger partial charge in [0.1, 0.15) is 0 Å². The second-order valence-corrected chi connectivity index (χ2v) is 10.4. The van der Waals surface area contributed by atoms with E-state index < -0.39 is 10.0 Å². The minimum absolute atomic E-state index is 0.000293. The number of primary sulfonamides is 1. The number of anilines is 1. The minimum atomic E-state index is -3.87. The lowest BCUT2D eigenvalue weighted by Gasteiger charge is -2.34. The SMILES string of the molecule is Cc1cc(S(N)(=O)=O)cc(NC(=O)CN2CCN(C(=O)c3ccc(C(C)C)cc3)CC2)c1C. The number of benzene rings is 2. The smallest absolute Gasteiger partial charge is 0.253 e. The van der Waals surface area contributed by atoms with E-state index in [1.807, 2.05) is 41.0 Å². The second kappa shape index (κ2) is 10.0. The molecule has 0 spiro atoms. The van der Waals surface area contributed by atoms with Gasteiger partial charge in [0.25, 0.3) is 5.91 Å². The van der Waals surface area contributed by atoms with Gasteiger partial charge in [0.2, 0.25) is 15.9 Å². The van der Waals surface area contributed by atoms with Crippen LogP contribution in [0.5, 0.6) is 0 Å². The molecule has 33 heavy (non-hydrogen) atoms. The molecule has 0 saturated carbocycles. The maximum atomic E-state index is 12.8. The highest BCUT2D eigenvalue weighted by Crippen LogP contribution is 2.23. The highest BCUT2D eigenvalue weighted by atomic mass is 32.2. The van der Waals surface area contributed by atoms with Gasteiger partial charge in [-0.2, -0.15) is 0 Å². The summed E-state index contributed by atoms with van der Waals surface area (Å²) < 4.78 is 23.4. The summed E-state index contributed by atoms with van der Waals surface area (Å²) in [4.78, 5) is 29.2. The lowest BCUT2D eigenvalue weighted by molar-refractivity contribution is -0.117. The molecular weight excluding hydrogens is 440 g/mol. The number of hydrogen-bond donors (Lipinski definition) is 2. The largest absolute Gasteiger partial charge is 0.336 e. The fourth-order valence-corrected chi connectivity index (χ4v) is 4.44. The van der Waals surface area contributed by atoms with E-state index in [4.69, 9.17) is 5.14 Å². The maximum absolute atomic E-state index is 12.8. The maximum Gasteiger partial charge on any atom is 0.253 e. The number of rotatable bonds is 6. The van der Waals surface area contributed by atoms with E-state index in [-0.39, 0.29) is 23.3 Å². The Morgan fingerprint density at radius 2 is 1.64 bits per heavy atom. The lowest BCUT2D eigenvalue weighted by atomic mass is 10.0. The molecule has 0 aromatic heterocycles. The zero-order chi connectivity index (χ0) is 24.3. The first-order chi connectivity index (χ1) is 15.5. The highest BCUT2D eigenvalue weighted by Gasteiger charge is 2.24. The van der Waals surface area contributed by atoms with Crippen molar-refractivity contribution in [1.82, 2.24) is 9.80 Å². The minimum Gasteiger partial charge on any atom is -0.336 e. The molecule has 3 rings (SSSR count). The Labute approximate surface area is 195 Å². The molecule has 0 bridgehead atoms. The molecule has 1 aliphatic rings. The summed E-state index contributed by atoms with van der Waals surface area (Å²) in [7, 11) is -3.87. The van der Waals surface area contributed by atoms with Gasteiger partial charge in [-0.3, -0.25) is 14.5 Å². The van der Waals surface area contributed by atoms with Crippen LogP contribution in [0.2, 0.25) is 0 Å². The number of aryl methyl sites for hydroxylation is 1. The van der Waals surface area contributed by atoms with Gasteiger partial charge in [-0.15, -0.1) is 0 Å². The van der Waals surface area contributed by atoms with Gasteiger partial charge in [-0.1, -0.05) is 26.0 Å². The van der Waals surface area contributed by atoms with E-state index in [1.54, 1.807) is 6.92 Å². The average molecular weight is 473 g/mol. The number of carbonyl (C=O) groups is 2. The van der Waals surface area contributed by atoms with Crippen molar-refractivity contribution in [1.29, 1.82) is 0 Å². The second-order valence-electron chi connectivity index (χ2n) is 8.85. The molecule has 1 fully saturated rings. The molecule has 2 amide bonds. The number of nitrogens with zero attached hydrogens (tertiary/aromatic N) is 2. The van der Waals surface area contributed by atoms with Crippen molar-refractivity contribution in [3.05, 3.63) is 58.7 Å². The van der Waals surface area contributed by atoms with Crippen molar-refractivity contribution in [2.45, 2.75) is 38.5 Å². The predicted octanol–water partition coefficient (Wildman–Crippen LogP) is 2.47. The van der Waals surface area contributed by atoms with Crippen LogP contribution in [0.4, 0.5) is 5.69 Å². The average Bonchev–Trinajstić information content (AvgIpc) is 2.76. The van der Waals surface area contributed by atoms with Gasteiger partial charge in [0.15, 0.2) is 0 Å². The number of carbonyl (C=O) groups excluding carboxylic acids is 2. The van der Waals surface area contributed by atoms with E-state index in [1.165, 1.54) is 17.7 Å². The number of hydrogen-bond acceptors (Lipinski definition) is 5. The summed E-state index contributed by atoms with van der Waals surface area (Å²) in [6, 6.07) is 10.6. The van der Waals surface area contributed by atoms with Gasteiger partial charge in [-0.05, 0) is 60.7 Å². The van der Waals surface area contributed by atoms with Gasteiger partial charge >= 0.3 is 0 Å². The third-order valence-corrected chi connectivity index (χ3v) is 6.99. The Morgan fingerprint density at radius 3 is 2.18 bits per heavy atom. The molecule has 8 nitrogen and oxygen atoms in total. The Morgan fingerprint density at radius 1 is 1.03 bits per heavy atom. The number of nitrogens with two attached hydrogens (primary N) is 1. The van der Waals surface area contributed by atoms with Crippen molar-refractivity contribution in [3.8, 4) is 0 Å². The summed E-state index contributed by atoms with van der Waals surface area (Å²) in [6.45, 7) is 10.2. The van der Waals surface area contributed by atoms with Crippen molar-refractivity contribution >= 4 is 27.5 Å². The van der Waals surface area contributed by atoms with Crippen LogP contribution in [-0.2, 0) is 14.8 Å². The quantitative estimate of drug-likeness (QED) is 0.671. The molecular formula is C24H32N4O4S.